The van der Waals surface area contributed by atoms with E-state index in [9.17, 15) is 4.79 Å². The number of hydrogen-bond donors (Lipinski definition) is 2. The first-order valence-corrected chi connectivity index (χ1v) is 6.86. The molecule has 1 atom stereocenters. The van der Waals surface area contributed by atoms with Gasteiger partial charge in [0.1, 0.15) is 0 Å². The molecular formula is C13H28N4O. The molecular weight excluding hydrogens is 228 g/mol. The summed E-state index contributed by atoms with van der Waals surface area (Å²) in [5.74, 6) is 0.576. The molecule has 0 saturated carbocycles. The van der Waals surface area contributed by atoms with Crippen LogP contribution in [-0.2, 0) is 4.79 Å². The maximum Gasteiger partial charge on any atom is 0.234 e. The summed E-state index contributed by atoms with van der Waals surface area (Å²) in [7, 11) is 6.06. The molecule has 0 aromatic heterocycles. The Morgan fingerprint density at radius 1 is 1.44 bits per heavy atom. The van der Waals surface area contributed by atoms with E-state index in [-0.39, 0.29) is 11.9 Å². The molecule has 1 saturated heterocycles. The van der Waals surface area contributed by atoms with Gasteiger partial charge in [0.05, 0.1) is 6.04 Å². The van der Waals surface area contributed by atoms with Gasteiger partial charge in [-0.25, -0.2) is 0 Å². The quantitative estimate of drug-likeness (QED) is 0.658. The van der Waals surface area contributed by atoms with Crippen molar-refractivity contribution in [3.8, 4) is 0 Å². The van der Waals surface area contributed by atoms with Crippen molar-refractivity contribution >= 4 is 5.91 Å². The van der Waals surface area contributed by atoms with E-state index in [4.69, 9.17) is 5.73 Å². The van der Waals surface area contributed by atoms with Gasteiger partial charge in [-0.15, -0.1) is 0 Å². The van der Waals surface area contributed by atoms with Gasteiger partial charge in [-0.3, -0.25) is 4.79 Å². The van der Waals surface area contributed by atoms with Crippen molar-refractivity contribution in [1.82, 2.24) is 15.1 Å². The van der Waals surface area contributed by atoms with Crippen LogP contribution >= 0.6 is 0 Å². The van der Waals surface area contributed by atoms with Crippen molar-refractivity contribution in [2.45, 2.75) is 25.3 Å². The smallest absolute Gasteiger partial charge is 0.234 e. The molecule has 1 aliphatic rings. The molecule has 5 heteroatoms. The Labute approximate surface area is 111 Å². The summed E-state index contributed by atoms with van der Waals surface area (Å²) >= 11 is 0. The van der Waals surface area contributed by atoms with E-state index in [0.717, 1.165) is 32.0 Å². The molecule has 1 fully saturated rings. The number of nitrogens with two attached hydrogens (primary N) is 1. The number of likely N-dealkylation sites (tertiary alicyclic amines) is 1. The minimum Gasteiger partial charge on any atom is -0.368 e. The summed E-state index contributed by atoms with van der Waals surface area (Å²) in [6.07, 6.45) is 3.34. The summed E-state index contributed by atoms with van der Waals surface area (Å²) < 4.78 is 0. The second-order valence-electron chi connectivity index (χ2n) is 5.58. The van der Waals surface area contributed by atoms with Crippen molar-refractivity contribution in [2.75, 3.05) is 47.3 Å². The zero-order valence-corrected chi connectivity index (χ0v) is 12.0. The van der Waals surface area contributed by atoms with Gasteiger partial charge in [0.2, 0.25) is 5.91 Å². The number of carbonyl (C=O) groups excluding carboxylic acids is 1. The molecule has 3 N–H and O–H groups in total. The molecule has 18 heavy (non-hydrogen) atoms. The number of likely N-dealkylation sites (N-methyl/N-ethyl adjacent to an activating group) is 1. The predicted octanol–water partition coefficient (Wildman–Crippen LogP) is -0.277. The van der Waals surface area contributed by atoms with Crippen LogP contribution in [-0.4, -0.2) is 69.1 Å². The fourth-order valence-electron chi connectivity index (χ4n) is 2.65. The van der Waals surface area contributed by atoms with Gasteiger partial charge in [0.15, 0.2) is 0 Å². The lowest BCUT2D eigenvalue weighted by atomic mass is 9.96. The first-order chi connectivity index (χ1) is 8.52. The lowest BCUT2D eigenvalue weighted by molar-refractivity contribution is -0.120. The molecule has 0 radical (unpaired) electrons. The van der Waals surface area contributed by atoms with Crippen molar-refractivity contribution in [3.05, 3.63) is 0 Å². The monoisotopic (exact) mass is 256 g/mol. The summed E-state index contributed by atoms with van der Waals surface area (Å²) in [4.78, 5) is 15.8. The molecule has 0 bridgehead atoms. The fraction of sp³-hybridized carbons (Fsp3) is 0.923. The number of hydrogen-bond acceptors (Lipinski definition) is 4. The number of rotatable bonds is 7. The third kappa shape index (κ3) is 5.33. The molecule has 1 amide bonds. The predicted molar refractivity (Wildman–Crippen MR) is 74.4 cm³/mol. The van der Waals surface area contributed by atoms with Gasteiger partial charge in [-0.1, -0.05) is 0 Å². The molecule has 106 valence electrons. The van der Waals surface area contributed by atoms with Crippen LogP contribution in [0.15, 0.2) is 0 Å². The van der Waals surface area contributed by atoms with Crippen molar-refractivity contribution in [3.63, 3.8) is 0 Å². The van der Waals surface area contributed by atoms with E-state index in [1.165, 1.54) is 19.4 Å². The van der Waals surface area contributed by atoms with Crippen LogP contribution in [0.3, 0.4) is 0 Å². The number of amides is 1. The van der Waals surface area contributed by atoms with Crippen LogP contribution in [0.5, 0.6) is 0 Å². The summed E-state index contributed by atoms with van der Waals surface area (Å²) in [6, 6.07) is -0.190. The molecule has 0 aliphatic carbocycles. The average Bonchev–Trinajstić information content (AvgIpc) is 2.31. The Hall–Kier alpha value is -0.650. The third-order valence-electron chi connectivity index (χ3n) is 3.76. The van der Waals surface area contributed by atoms with Crippen molar-refractivity contribution in [1.29, 1.82) is 0 Å². The number of primary amides is 1. The van der Waals surface area contributed by atoms with Crippen LogP contribution in [0.1, 0.15) is 19.3 Å². The Morgan fingerprint density at radius 3 is 2.50 bits per heavy atom. The summed E-state index contributed by atoms with van der Waals surface area (Å²) in [5, 5.41) is 2.97. The maximum atomic E-state index is 11.1. The van der Waals surface area contributed by atoms with Gasteiger partial charge < -0.3 is 20.9 Å². The maximum absolute atomic E-state index is 11.1. The Kier molecular flexibility index (Phi) is 6.60. The zero-order chi connectivity index (χ0) is 13.5. The van der Waals surface area contributed by atoms with Crippen LogP contribution in [0.25, 0.3) is 0 Å². The van der Waals surface area contributed by atoms with E-state index >= 15 is 0 Å². The average molecular weight is 256 g/mol. The largest absolute Gasteiger partial charge is 0.368 e. The first kappa shape index (κ1) is 15.4. The van der Waals surface area contributed by atoms with E-state index in [0.29, 0.717) is 0 Å². The second-order valence-corrected chi connectivity index (χ2v) is 5.58. The molecule has 0 spiro atoms. The van der Waals surface area contributed by atoms with Gasteiger partial charge in [-0.05, 0) is 59.4 Å². The number of piperidine rings is 1. The zero-order valence-electron chi connectivity index (χ0n) is 12.0. The van der Waals surface area contributed by atoms with Crippen LogP contribution in [0.4, 0.5) is 0 Å². The van der Waals surface area contributed by atoms with Gasteiger partial charge in [0.25, 0.3) is 0 Å². The lowest BCUT2D eigenvalue weighted by Gasteiger charge is -2.33. The second kappa shape index (κ2) is 7.71. The van der Waals surface area contributed by atoms with Crippen molar-refractivity contribution in [2.24, 2.45) is 11.7 Å². The topological polar surface area (TPSA) is 61.6 Å². The summed E-state index contributed by atoms with van der Waals surface area (Å²) in [6.45, 7) is 4.44. The molecule has 1 heterocycles. The molecule has 0 aromatic carbocycles. The highest BCUT2D eigenvalue weighted by atomic mass is 16.1. The highest BCUT2D eigenvalue weighted by molar-refractivity contribution is 5.79. The molecule has 1 aliphatic heterocycles. The van der Waals surface area contributed by atoms with Crippen molar-refractivity contribution < 1.29 is 4.79 Å². The Balaban J connectivity index is 2.21. The van der Waals surface area contributed by atoms with E-state index in [1.807, 2.05) is 0 Å². The van der Waals surface area contributed by atoms with E-state index in [2.05, 4.69) is 29.2 Å². The van der Waals surface area contributed by atoms with Crippen LogP contribution < -0.4 is 11.1 Å². The minimum atomic E-state index is -0.250. The minimum absolute atomic E-state index is 0.190. The van der Waals surface area contributed by atoms with Gasteiger partial charge in [-0.2, -0.15) is 0 Å². The molecule has 1 unspecified atom stereocenters. The molecule has 1 rings (SSSR count). The molecule has 0 aromatic rings. The standard InChI is InChI=1S/C13H28N4O/c1-15-12(13(14)18)6-9-17-7-4-11(5-8-17)10-16(2)3/h11-12,15H,4-10H2,1-3H3,(H2,14,18). The molecule has 5 nitrogen and oxygen atoms in total. The highest BCUT2D eigenvalue weighted by Gasteiger charge is 2.21. The number of carbonyl (C=O) groups is 1. The van der Waals surface area contributed by atoms with Gasteiger partial charge >= 0.3 is 0 Å². The first-order valence-electron chi connectivity index (χ1n) is 6.86. The van der Waals surface area contributed by atoms with E-state index < -0.39 is 0 Å². The number of nitrogens with one attached hydrogen (secondary N) is 1. The van der Waals surface area contributed by atoms with Gasteiger partial charge in [0, 0.05) is 13.1 Å². The Morgan fingerprint density at radius 2 is 2.06 bits per heavy atom. The van der Waals surface area contributed by atoms with Crippen LogP contribution in [0.2, 0.25) is 0 Å². The number of nitrogens with zero attached hydrogens (tertiary/aromatic N) is 2. The van der Waals surface area contributed by atoms with Crippen LogP contribution in [0, 0.1) is 5.92 Å². The summed E-state index contributed by atoms with van der Waals surface area (Å²) in [5.41, 5.74) is 5.31. The lowest BCUT2D eigenvalue weighted by Crippen LogP contribution is -2.43. The van der Waals surface area contributed by atoms with E-state index in [1.54, 1.807) is 7.05 Å². The highest BCUT2D eigenvalue weighted by Crippen LogP contribution is 2.17. The third-order valence-corrected chi connectivity index (χ3v) is 3.76. The Bertz CT molecular complexity index is 249. The normalized spacial score (nSPS) is 20.2. The fourth-order valence-corrected chi connectivity index (χ4v) is 2.65. The SMILES string of the molecule is CNC(CCN1CCC(CN(C)C)CC1)C(N)=O.